The van der Waals surface area contributed by atoms with Gasteiger partial charge in [0.1, 0.15) is 16.9 Å². The Labute approximate surface area is 191 Å². The van der Waals surface area contributed by atoms with Crippen LogP contribution in [0.25, 0.3) is 0 Å². The number of carbonyl (C=O) groups is 1. The third kappa shape index (κ3) is 5.12. The van der Waals surface area contributed by atoms with Crippen molar-refractivity contribution >= 4 is 33.1 Å². The number of carbonyl (C=O) groups excluding carboxylic acids is 1. The standard InChI is InChI=1S/C24H19N5O3S/c25-16-24(13-14-24)23(30)28-19-4-1-5-20(15-19)29-33(31,32)21-11-8-17(9-12-21)7-10-18-3-2-6-22(26)27-18/h1-6,8-9,11-12,15,29H,13-14H2,(H2,26,27)(H,28,30). The van der Waals surface area contributed by atoms with E-state index in [1.54, 1.807) is 48.5 Å². The van der Waals surface area contributed by atoms with Gasteiger partial charge in [0.2, 0.25) is 5.91 Å². The molecule has 0 aliphatic heterocycles. The van der Waals surface area contributed by atoms with Crippen molar-refractivity contribution < 1.29 is 13.2 Å². The molecule has 1 saturated carbocycles. The van der Waals surface area contributed by atoms with Gasteiger partial charge in [-0.3, -0.25) is 9.52 Å². The molecule has 0 spiro atoms. The Morgan fingerprint density at radius 2 is 1.70 bits per heavy atom. The number of hydrogen-bond acceptors (Lipinski definition) is 6. The van der Waals surface area contributed by atoms with E-state index in [1.165, 1.54) is 18.2 Å². The first-order chi connectivity index (χ1) is 15.8. The van der Waals surface area contributed by atoms with Gasteiger partial charge in [0, 0.05) is 11.3 Å². The highest BCUT2D eigenvalue weighted by Gasteiger charge is 2.50. The number of amides is 1. The minimum atomic E-state index is -3.86. The summed E-state index contributed by atoms with van der Waals surface area (Å²) in [5.74, 6) is 5.79. The molecular formula is C24H19N5O3S. The predicted octanol–water partition coefficient (Wildman–Crippen LogP) is 3.11. The molecular weight excluding hydrogens is 438 g/mol. The molecule has 0 unspecified atom stereocenters. The summed E-state index contributed by atoms with van der Waals surface area (Å²) in [4.78, 5) is 16.4. The third-order valence-corrected chi connectivity index (χ3v) is 6.44. The molecule has 1 aliphatic rings. The van der Waals surface area contributed by atoms with Crippen LogP contribution in [-0.2, 0) is 14.8 Å². The number of aromatic nitrogens is 1. The van der Waals surface area contributed by atoms with E-state index in [1.807, 2.05) is 6.07 Å². The second-order valence-electron chi connectivity index (χ2n) is 7.56. The van der Waals surface area contributed by atoms with Gasteiger partial charge in [-0.1, -0.05) is 18.1 Å². The van der Waals surface area contributed by atoms with Crippen LogP contribution in [0.1, 0.15) is 24.1 Å². The van der Waals surface area contributed by atoms with Gasteiger partial charge >= 0.3 is 0 Å². The maximum atomic E-state index is 12.8. The molecule has 164 valence electrons. The lowest BCUT2D eigenvalue weighted by Crippen LogP contribution is -2.22. The summed E-state index contributed by atoms with van der Waals surface area (Å²) in [6.07, 6.45) is 1.05. The van der Waals surface area contributed by atoms with Crippen molar-refractivity contribution in [1.82, 2.24) is 4.98 Å². The number of nitriles is 1. The van der Waals surface area contributed by atoms with Gasteiger partial charge in [0.25, 0.3) is 10.0 Å². The van der Waals surface area contributed by atoms with Crippen LogP contribution >= 0.6 is 0 Å². The van der Waals surface area contributed by atoms with Gasteiger partial charge in [0.15, 0.2) is 0 Å². The Hall–Kier alpha value is -4.34. The summed E-state index contributed by atoms with van der Waals surface area (Å²) in [6, 6.07) is 19.6. The number of sulfonamides is 1. The first-order valence-electron chi connectivity index (χ1n) is 10.00. The van der Waals surface area contributed by atoms with E-state index >= 15 is 0 Å². The molecule has 0 bridgehead atoms. The fraction of sp³-hybridized carbons (Fsp3) is 0.125. The molecule has 9 heteroatoms. The topological polar surface area (TPSA) is 138 Å². The second kappa shape index (κ2) is 8.65. The van der Waals surface area contributed by atoms with E-state index in [9.17, 15) is 13.2 Å². The summed E-state index contributed by atoms with van der Waals surface area (Å²) in [6.45, 7) is 0. The first-order valence-corrected chi connectivity index (χ1v) is 11.5. The van der Waals surface area contributed by atoms with Crippen LogP contribution < -0.4 is 15.8 Å². The number of pyridine rings is 1. The number of anilines is 3. The lowest BCUT2D eigenvalue weighted by Gasteiger charge is -2.11. The Kier molecular flexibility index (Phi) is 5.74. The van der Waals surface area contributed by atoms with Crippen molar-refractivity contribution in [3.05, 3.63) is 78.0 Å². The minimum absolute atomic E-state index is 0.0611. The molecule has 0 saturated heterocycles. The van der Waals surface area contributed by atoms with Crippen LogP contribution in [0.4, 0.5) is 17.2 Å². The molecule has 1 fully saturated rings. The lowest BCUT2D eigenvalue weighted by molar-refractivity contribution is -0.119. The average Bonchev–Trinajstić information content (AvgIpc) is 3.60. The number of hydrogen-bond donors (Lipinski definition) is 3. The van der Waals surface area contributed by atoms with Crippen LogP contribution in [0, 0.1) is 28.6 Å². The maximum Gasteiger partial charge on any atom is 0.261 e. The van der Waals surface area contributed by atoms with E-state index in [0.29, 0.717) is 35.6 Å². The average molecular weight is 458 g/mol. The Bertz CT molecular complexity index is 1430. The van der Waals surface area contributed by atoms with Gasteiger partial charge in [-0.15, -0.1) is 0 Å². The van der Waals surface area contributed by atoms with Gasteiger partial charge in [-0.25, -0.2) is 13.4 Å². The zero-order valence-electron chi connectivity index (χ0n) is 17.4. The predicted molar refractivity (Wildman–Crippen MR) is 124 cm³/mol. The quantitative estimate of drug-likeness (QED) is 0.503. The smallest absolute Gasteiger partial charge is 0.261 e. The molecule has 33 heavy (non-hydrogen) atoms. The highest BCUT2D eigenvalue weighted by molar-refractivity contribution is 7.92. The first kappa shape index (κ1) is 21.9. The monoisotopic (exact) mass is 457 g/mol. The molecule has 0 radical (unpaired) electrons. The zero-order chi connectivity index (χ0) is 23.5. The summed E-state index contributed by atoms with van der Waals surface area (Å²) in [5, 5.41) is 11.8. The Morgan fingerprint density at radius 3 is 2.36 bits per heavy atom. The molecule has 8 nitrogen and oxygen atoms in total. The molecule has 2 aromatic carbocycles. The molecule has 0 atom stereocenters. The largest absolute Gasteiger partial charge is 0.384 e. The minimum Gasteiger partial charge on any atom is -0.384 e. The molecule has 4 N–H and O–H groups in total. The van der Waals surface area contributed by atoms with Crippen LogP contribution in [0.5, 0.6) is 0 Å². The lowest BCUT2D eigenvalue weighted by atomic mass is 10.1. The van der Waals surface area contributed by atoms with Gasteiger partial charge < -0.3 is 11.1 Å². The van der Waals surface area contributed by atoms with Crippen molar-refractivity contribution in [2.45, 2.75) is 17.7 Å². The molecule has 1 amide bonds. The molecule has 4 rings (SSSR count). The summed E-state index contributed by atoms with van der Waals surface area (Å²) in [5.41, 5.74) is 6.49. The van der Waals surface area contributed by atoms with E-state index in [0.717, 1.165) is 0 Å². The zero-order valence-corrected chi connectivity index (χ0v) is 18.2. The maximum absolute atomic E-state index is 12.8. The van der Waals surface area contributed by atoms with Crippen LogP contribution in [0.3, 0.4) is 0 Å². The second-order valence-corrected chi connectivity index (χ2v) is 9.24. The van der Waals surface area contributed by atoms with Crippen LogP contribution in [0.15, 0.2) is 71.6 Å². The number of rotatable bonds is 5. The summed E-state index contributed by atoms with van der Waals surface area (Å²) < 4.78 is 28.1. The van der Waals surface area contributed by atoms with Crippen molar-refractivity contribution in [2.24, 2.45) is 5.41 Å². The number of nitrogen functional groups attached to an aromatic ring is 1. The van der Waals surface area contributed by atoms with E-state index < -0.39 is 15.4 Å². The molecule has 1 aliphatic carbocycles. The van der Waals surface area contributed by atoms with E-state index in [-0.39, 0.29) is 16.5 Å². The van der Waals surface area contributed by atoms with Gasteiger partial charge in [0.05, 0.1) is 16.7 Å². The molecule has 3 aromatic rings. The van der Waals surface area contributed by atoms with E-state index in [2.05, 4.69) is 26.9 Å². The fourth-order valence-corrected chi connectivity index (χ4v) is 4.06. The highest BCUT2D eigenvalue weighted by atomic mass is 32.2. The number of nitrogens with two attached hydrogens (primary N) is 1. The van der Waals surface area contributed by atoms with Crippen molar-refractivity contribution in [3.63, 3.8) is 0 Å². The third-order valence-electron chi connectivity index (χ3n) is 5.04. The van der Waals surface area contributed by atoms with Gasteiger partial charge in [-0.05, 0) is 73.4 Å². The summed E-state index contributed by atoms with van der Waals surface area (Å²) >= 11 is 0. The highest BCUT2D eigenvalue weighted by Crippen LogP contribution is 2.45. The normalized spacial score (nSPS) is 13.7. The van der Waals surface area contributed by atoms with E-state index in [4.69, 9.17) is 11.0 Å². The Morgan fingerprint density at radius 1 is 1.00 bits per heavy atom. The van der Waals surface area contributed by atoms with Crippen molar-refractivity contribution in [2.75, 3.05) is 15.8 Å². The van der Waals surface area contributed by atoms with Crippen LogP contribution in [0.2, 0.25) is 0 Å². The van der Waals surface area contributed by atoms with Crippen molar-refractivity contribution in [1.29, 1.82) is 5.26 Å². The number of benzene rings is 2. The van der Waals surface area contributed by atoms with Gasteiger partial charge in [-0.2, -0.15) is 5.26 Å². The molecule has 1 heterocycles. The van der Waals surface area contributed by atoms with Crippen LogP contribution in [-0.4, -0.2) is 19.3 Å². The number of nitrogens with zero attached hydrogens (tertiary/aromatic N) is 2. The van der Waals surface area contributed by atoms with Crippen molar-refractivity contribution in [3.8, 4) is 17.9 Å². The Balaban J connectivity index is 1.46. The summed E-state index contributed by atoms with van der Waals surface area (Å²) in [7, 11) is -3.86. The molecule has 1 aromatic heterocycles. The SMILES string of the molecule is N#CC1(C(=O)Nc2cccc(NS(=O)(=O)c3ccc(C#Cc4cccc(N)n4)cc3)c2)CC1. The fourth-order valence-electron chi connectivity index (χ4n) is 3.01. The number of nitrogens with one attached hydrogen (secondary N) is 2.